The Morgan fingerprint density at radius 3 is 2.74 bits per heavy atom. The topological polar surface area (TPSA) is 72.7 Å². The zero-order valence-corrected chi connectivity index (χ0v) is 17.0. The molecule has 0 radical (unpaired) electrons. The molecule has 2 heterocycles. The summed E-state index contributed by atoms with van der Waals surface area (Å²) in [6, 6.07) is 3.81. The van der Waals surface area contributed by atoms with Gasteiger partial charge in [0.05, 0.1) is 17.3 Å². The molecule has 7 nitrogen and oxygen atoms in total. The van der Waals surface area contributed by atoms with Crippen molar-refractivity contribution in [2.24, 2.45) is 12.0 Å². The summed E-state index contributed by atoms with van der Waals surface area (Å²) in [5.41, 5.74) is 4.33. The SMILES string of the molecule is CCNC(=NCc1cc(Cl)c2c(c1)OCCO2)NCc1c(C)nn(C)c1C. The molecule has 2 aromatic rings. The number of aliphatic imine (C=N–C) groups is 1. The van der Waals surface area contributed by atoms with Crippen LogP contribution in [0.1, 0.15) is 29.4 Å². The third-order valence-corrected chi connectivity index (χ3v) is 4.79. The molecule has 3 rings (SSSR count). The molecule has 146 valence electrons. The number of benzene rings is 1. The van der Waals surface area contributed by atoms with E-state index in [0.717, 1.165) is 29.5 Å². The van der Waals surface area contributed by atoms with Gasteiger partial charge < -0.3 is 20.1 Å². The standard InChI is InChI=1S/C19H26ClN5O2/c1-5-21-19(23-11-15-12(2)24-25(4)13(15)3)22-10-14-8-16(20)18-17(9-14)26-6-7-27-18/h8-9H,5-7,10-11H2,1-4H3,(H2,21,22,23). The largest absolute Gasteiger partial charge is 0.486 e. The van der Waals surface area contributed by atoms with Crippen molar-refractivity contribution < 1.29 is 9.47 Å². The number of fused-ring (bicyclic) bond motifs is 1. The van der Waals surface area contributed by atoms with Crippen LogP contribution < -0.4 is 20.1 Å². The van der Waals surface area contributed by atoms with Gasteiger partial charge in [-0.1, -0.05) is 11.6 Å². The van der Waals surface area contributed by atoms with Crippen LogP contribution in [0, 0.1) is 13.8 Å². The van der Waals surface area contributed by atoms with Gasteiger partial charge in [-0.3, -0.25) is 4.68 Å². The van der Waals surface area contributed by atoms with Crippen LogP contribution in [0.4, 0.5) is 0 Å². The first-order valence-electron chi connectivity index (χ1n) is 9.08. The van der Waals surface area contributed by atoms with E-state index in [0.29, 0.717) is 42.8 Å². The van der Waals surface area contributed by atoms with Crippen LogP contribution in [-0.2, 0) is 20.1 Å². The molecule has 0 aliphatic carbocycles. The van der Waals surface area contributed by atoms with Gasteiger partial charge in [-0.05, 0) is 38.5 Å². The Bertz CT molecular complexity index is 847. The highest BCUT2D eigenvalue weighted by atomic mass is 35.5. The Labute approximate surface area is 164 Å². The predicted octanol–water partition coefficient (Wildman–Crippen LogP) is 2.72. The Kier molecular flexibility index (Phi) is 6.11. The van der Waals surface area contributed by atoms with Crippen LogP contribution in [0.25, 0.3) is 0 Å². The van der Waals surface area contributed by atoms with Gasteiger partial charge in [0.25, 0.3) is 0 Å². The van der Waals surface area contributed by atoms with Crippen molar-refractivity contribution in [1.29, 1.82) is 0 Å². The number of rotatable bonds is 5. The first kappa shape index (κ1) is 19.4. The number of guanidine groups is 1. The van der Waals surface area contributed by atoms with Crippen LogP contribution in [0.15, 0.2) is 17.1 Å². The summed E-state index contributed by atoms with van der Waals surface area (Å²) in [6.07, 6.45) is 0. The summed E-state index contributed by atoms with van der Waals surface area (Å²) in [6.45, 7) is 9.10. The van der Waals surface area contributed by atoms with Gasteiger partial charge in [-0.25, -0.2) is 4.99 Å². The van der Waals surface area contributed by atoms with E-state index in [9.17, 15) is 0 Å². The number of ether oxygens (including phenoxy) is 2. The number of aromatic nitrogens is 2. The summed E-state index contributed by atoms with van der Waals surface area (Å²) in [5, 5.41) is 11.7. The molecule has 8 heteroatoms. The van der Waals surface area contributed by atoms with Gasteiger partial charge in [0, 0.05) is 31.4 Å². The molecule has 0 saturated heterocycles. The molecule has 1 aliphatic heterocycles. The second-order valence-corrected chi connectivity index (χ2v) is 6.83. The number of nitrogens with zero attached hydrogens (tertiary/aromatic N) is 3. The normalized spacial score (nSPS) is 13.6. The third kappa shape index (κ3) is 4.47. The number of aryl methyl sites for hydroxylation is 2. The molecule has 1 aromatic carbocycles. The van der Waals surface area contributed by atoms with Crippen LogP contribution in [0.3, 0.4) is 0 Å². The van der Waals surface area contributed by atoms with E-state index < -0.39 is 0 Å². The van der Waals surface area contributed by atoms with Gasteiger partial charge >= 0.3 is 0 Å². The predicted molar refractivity (Wildman–Crippen MR) is 107 cm³/mol. The monoisotopic (exact) mass is 391 g/mol. The summed E-state index contributed by atoms with van der Waals surface area (Å²) in [4.78, 5) is 4.67. The smallest absolute Gasteiger partial charge is 0.191 e. The highest BCUT2D eigenvalue weighted by Gasteiger charge is 2.16. The molecule has 27 heavy (non-hydrogen) atoms. The summed E-state index contributed by atoms with van der Waals surface area (Å²) < 4.78 is 13.1. The van der Waals surface area contributed by atoms with Gasteiger partial charge in [0.2, 0.25) is 0 Å². The highest BCUT2D eigenvalue weighted by molar-refractivity contribution is 6.32. The molecule has 0 spiro atoms. The first-order chi connectivity index (χ1) is 13.0. The van der Waals surface area contributed by atoms with E-state index >= 15 is 0 Å². The lowest BCUT2D eigenvalue weighted by Gasteiger charge is -2.20. The van der Waals surface area contributed by atoms with E-state index in [4.69, 9.17) is 21.1 Å². The van der Waals surface area contributed by atoms with E-state index in [1.54, 1.807) is 0 Å². The fraction of sp³-hybridized carbons (Fsp3) is 0.474. The van der Waals surface area contributed by atoms with E-state index in [2.05, 4.69) is 27.6 Å². The Morgan fingerprint density at radius 1 is 1.26 bits per heavy atom. The lowest BCUT2D eigenvalue weighted by Crippen LogP contribution is -2.37. The second kappa shape index (κ2) is 8.52. The van der Waals surface area contributed by atoms with Crippen molar-refractivity contribution >= 4 is 17.6 Å². The Morgan fingerprint density at radius 2 is 2.04 bits per heavy atom. The molecule has 0 bridgehead atoms. The van der Waals surface area contributed by atoms with Gasteiger partial charge in [-0.15, -0.1) is 0 Å². The van der Waals surface area contributed by atoms with E-state index in [1.165, 1.54) is 5.56 Å². The molecule has 1 aromatic heterocycles. The number of nitrogens with one attached hydrogen (secondary N) is 2. The fourth-order valence-corrected chi connectivity index (χ4v) is 3.30. The summed E-state index contributed by atoms with van der Waals surface area (Å²) in [5.74, 6) is 2.04. The van der Waals surface area contributed by atoms with Crippen molar-refractivity contribution in [3.8, 4) is 11.5 Å². The Hall–Kier alpha value is -2.41. The lowest BCUT2D eigenvalue weighted by molar-refractivity contribution is 0.171. The Balaban J connectivity index is 1.71. The number of halogens is 1. The quantitative estimate of drug-likeness (QED) is 0.605. The second-order valence-electron chi connectivity index (χ2n) is 6.42. The van der Waals surface area contributed by atoms with Crippen molar-refractivity contribution in [1.82, 2.24) is 20.4 Å². The minimum atomic E-state index is 0.483. The maximum Gasteiger partial charge on any atom is 0.191 e. The van der Waals surface area contributed by atoms with Crippen LogP contribution in [0.5, 0.6) is 11.5 Å². The van der Waals surface area contributed by atoms with Crippen LogP contribution in [0.2, 0.25) is 5.02 Å². The van der Waals surface area contributed by atoms with Crippen molar-refractivity contribution in [3.63, 3.8) is 0 Å². The van der Waals surface area contributed by atoms with E-state index in [1.807, 2.05) is 37.7 Å². The van der Waals surface area contributed by atoms with Gasteiger partial charge in [0.15, 0.2) is 17.5 Å². The molecular weight excluding hydrogens is 366 g/mol. The zero-order chi connectivity index (χ0) is 19.4. The van der Waals surface area contributed by atoms with Crippen molar-refractivity contribution in [2.75, 3.05) is 19.8 Å². The van der Waals surface area contributed by atoms with Gasteiger partial charge in [-0.2, -0.15) is 5.10 Å². The molecule has 0 saturated carbocycles. The van der Waals surface area contributed by atoms with Crippen molar-refractivity contribution in [3.05, 3.63) is 39.7 Å². The average Bonchev–Trinajstić information content (AvgIpc) is 2.89. The fourth-order valence-electron chi connectivity index (χ4n) is 3.01. The number of hydrogen-bond acceptors (Lipinski definition) is 4. The maximum absolute atomic E-state index is 6.31. The first-order valence-corrected chi connectivity index (χ1v) is 9.46. The average molecular weight is 392 g/mol. The van der Waals surface area contributed by atoms with Crippen molar-refractivity contribution in [2.45, 2.75) is 33.9 Å². The summed E-state index contributed by atoms with van der Waals surface area (Å²) in [7, 11) is 1.96. The highest BCUT2D eigenvalue weighted by Crippen LogP contribution is 2.38. The molecule has 1 aliphatic rings. The van der Waals surface area contributed by atoms with Crippen LogP contribution >= 0.6 is 11.6 Å². The van der Waals surface area contributed by atoms with E-state index in [-0.39, 0.29) is 0 Å². The minimum absolute atomic E-state index is 0.483. The zero-order valence-electron chi connectivity index (χ0n) is 16.2. The molecule has 0 amide bonds. The number of hydrogen-bond donors (Lipinski definition) is 2. The maximum atomic E-state index is 6.31. The molecule has 0 unspecified atom stereocenters. The molecule has 2 N–H and O–H groups in total. The van der Waals surface area contributed by atoms with Gasteiger partial charge in [0.1, 0.15) is 13.2 Å². The minimum Gasteiger partial charge on any atom is -0.486 e. The summed E-state index contributed by atoms with van der Waals surface area (Å²) >= 11 is 6.31. The molecule has 0 atom stereocenters. The van der Waals surface area contributed by atoms with Crippen LogP contribution in [-0.4, -0.2) is 35.5 Å². The lowest BCUT2D eigenvalue weighted by atomic mass is 10.2. The molecular formula is C19H26ClN5O2. The molecule has 0 fully saturated rings. The third-order valence-electron chi connectivity index (χ3n) is 4.51.